The Morgan fingerprint density at radius 1 is 0.367 bits per heavy atom. The first-order valence-corrected chi connectivity index (χ1v) is 22.5. The van der Waals surface area contributed by atoms with Gasteiger partial charge in [0.15, 0.2) is 7.14 Å². The molecular weight excluding hydrogens is 746 g/mol. The minimum absolute atomic E-state index is 0.0812. The van der Waals surface area contributed by atoms with E-state index < -0.39 is 7.14 Å². The molecule has 0 bridgehead atoms. The van der Waals surface area contributed by atoms with Gasteiger partial charge in [0.05, 0.1) is 11.0 Å². The van der Waals surface area contributed by atoms with Gasteiger partial charge in [-0.25, -0.2) is 0 Å². The lowest BCUT2D eigenvalue weighted by atomic mass is 9.81. The Morgan fingerprint density at radius 2 is 0.867 bits per heavy atom. The molecule has 0 spiro atoms. The minimum atomic E-state index is -3.20. The summed E-state index contributed by atoms with van der Waals surface area (Å²) >= 11 is 0. The van der Waals surface area contributed by atoms with E-state index >= 15 is 4.57 Å². The normalized spacial score (nSPS) is 13.4. The number of hydrogen-bond donors (Lipinski definition) is 0. The molecule has 1 aromatic heterocycles. The molecule has 284 valence electrons. The topological polar surface area (TPSA) is 22.0 Å². The van der Waals surface area contributed by atoms with Crippen molar-refractivity contribution in [2.45, 2.75) is 19.3 Å². The monoisotopic (exact) mass is 785 g/mol. The molecule has 1 heterocycles. The van der Waals surface area contributed by atoms with Crippen LogP contribution in [0.1, 0.15) is 25.0 Å². The molecule has 10 aromatic carbocycles. The third kappa shape index (κ3) is 4.98. The second kappa shape index (κ2) is 13.0. The maximum atomic E-state index is 15.6. The van der Waals surface area contributed by atoms with Gasteiger partial charge in [-0.1, -0.05) is 159 Å². The zero-order chi connectivity index (χ0) is 40.2. The van der Waals surface area contributed by atoms with Crippen LogP contribution in [-0.2, 0) is 9.98 Å². The molecule has 0 radical (unpaired) electrons. The molecule has 0 aliphatic heterocycles. The van der Waals surface area contributed by atoms with Crippen LogP contribution in [0, 0.1) is 0 Å². The molecule has 0 unspecified atom stereocenters. The molecule has 0 saturated carbocycles. The van der Waals surface area contributed by atoms with Crippen LogP contribution in [0.25, 0.3) is 82.1 Å². The highest BCUT2D eigenvalue weighted by Gasteiger charge is 2.36. The summed E-state index contributed by atoms with van der Waals surface area (Å²) in [7, 11) is -3.20. The lowest BCUT2D eigenvalue weighted by Gasteiger charge is -2.22. The highest BCUT2D eigenvalue weighted by atomic mass is 31.2. The zero-order valence-corrected chi connectivity index (χ0v) is 34.3. The van der Waals surface area contributed by atoms with Crippen molar-refractivity contribution in [2.24, 2.45) is 0 Å². The van der Waals surface area contributed by atoms with Crippen molar-refractivity contribution in [3.8, 4) is 27.9 Å². The highest BCUT2D eigenvalue weighted by Crippen LogP contribution is 2.52. The summed E-state index contributed by atoms with van der Waals surface area (Å²) in [5.41, 5.74) is 11.0. The standard InChI is InChI=1S/C57H40NOP/c1-57(2)53-25-15-14-24-46(53)50-35-48-44-23-13-12-22-43(44)47-32-37(26-29-45(47)49(48)36-54(50)57)38-27-30-55-51(33-38)52-34-42(28-31-56(52)58(55)39-16-6-3-7-17-39)60(59,40-18-8-4-9-19-40)41-20-10-5-11-21-41/h3-36H,1-2H3. The van der Waals surface area contributed by atoms with Crippen molar-refractivity contribution in [1.82, 2.24) is 4.57 Å². The van der Waals surface area contributed by atoms with E-state index in [4.69, 9.17) is 0 Å². The quantitative estimate of drug-likeness (QED) is 0.126. The fraction of sp³-hybridized carbons (Fsp3) is 0.0526. The van der Waals surface area contributed by atoms with Gasteiger partial charge < -0.3 is 9.13 Å². The molecule has 0 fully saturated rings. The second-order valence-corrected chi connectivity index (χ2v) is 19.6. The van der Waals surface area contributed by atoms with E-state index in [9.17, 15) is 0 Å². The summed E-state index contributed by atoms with van der Waals surface area (Å²) < 4.78 is 18.0. The molecule has 0 N–H and O–H groups in total. The number of benzene rings is 10. The average molecular weight is 786 g/mol. The molecule has 60 heavy (non-hydrogen) atoms. The van der Waals surface area contributed by atoms with E-state index in [0.29, 0.717) is 0 Å². The van der Waals surface area contributed by atoms with E-state index in [2.05, 4.69) is 164 Å². The lowest BCUT2D eigenvalue weighted by molar-refractivity contribution is 0.592. The number of fused-ring (bicyclic) bond motifs is 12. The van der Waals surface area contributed by atoms with Gasteiger partial charge in [0.2, 0.25) is 0 Å². The number of rotatable bonds is 5. The van der Waals surface area contributed by atoms with E-state index in [-0.39, 0.29) is 5.41 Å². The molecule has 1 aliphatic carbocycles. The van der Waals surface area contributed by atoms with Crippen molar-refractivity contribution in [2.75, 3.05) is 0 Å². The number of para-hydroxylation sites is 1. The van der Waals surface area contributed by atoms with Crippen LogP contribution in [0.4, 0.5) is 0 Å². The van der Waals surface area contributed by atoms with Crippen LogP contribution in [0.3, 0.4) is 0 Å². The summed E-state index contributed by atoms with van der Waals surface area (Å²) in [6.45, 7) is 4.72. The Balaban J connectivity index is 1.09. The summed E-state index contributed by atoms with van der Waals surface area (Å²) in [4.78, 5) is 0. The van der Waals surface area contributed by atoms with Crippen LogP contribution >= 0.6 is 7.14 Å². The first-order chi connectivity index (χ1) is 29.4. The van der Waals surface area contributed by atoms with E-state index in [1.807, 2.05) is 60.7 Å². The summed E-state index contributed by atoms with van der Waals surface area (Å²) in [5, 5.41) is 12.3. The summed E-state index contributed by atoms with van der Waals surface area (Å²) in [6, 6.07) is 73.6. The third-order valence-corrected chi connectivity index (χ3v) is 16.3. The van der Waals surface area contributed by atoms with Crippen LogP contribution < -0.4 is 15.9 Å². The van der Waals surface area contributed by atoms with Gasteiger partial charge >= 0.3 is 0 Å². The van der Waals surface area contributed by atoms with Crippen LogP contribution in [0.2, 0.25) is 0 Å². The first-order valence-electron chi connectivity index (χ1n) is 20.8. The highest BCUT2D eigenvalue weighted by molar-refractivity contribution is 7.85. The predicted molar refractivity (Wildman–Crippen MR) is 256 cm³/mol. The summed E-state index contributed by atoms with van der Waals surface area (Å²) in [5.74, 6) is 0. The smallest absolute Gasteiger partial charge is 0.171 e. The number of nitrogens with zero attached hydrogens (tertiary/aromatic N) is 1. The van der Waals surface area contributed by atoms with Gasteiger partial charge in [-0.2, -0.15) is 0 Å². The van der Waals surface area contributed by atoms with Gasteiger partial charge in [-0.05, 0) is 126 Å². The Hall–Kier alpha value is -6.99. The third-order valence-electron chi connectivity index (χ3n) is 13.2. The summed E-state index contributed by atoms with van der Waals surface area (Å²) in [6.07, 6.45) is 0. The van der Waals surface area contributed by atoms with Crippen molar-refractivity contribution in [3.63, 3.8) is 0 Å². The second-order valence-electron chi connectivity index (χ2n) is 16.8. The molecule has 11 aromatic rings. The fourth-order valence-corrected chi connectivity index (χ4v) is 13.0. The SMILES string of the molecule is CC1(C)c2ccccc2-c2cc3c4ccccc4c4cc(-c5ccc6c(c5)c5cc(P(=O)(c7ccccc7)c7ccccc7)ccc5n6-c5ccccc5)ccc4c3cc21. The van der Waals surface area contributed by atoms with E-state index in [1.165, 1.54) is 60.1 Å². The van der Waals surface area contributed by atoms with Gasteiger partial charge in [0, 0.05) is 37.8 Å². The molecule has 0 atom stereocenters. The molecule has 0 amide bonds. The Labute approximate surface area is 349 Å². The molecule has 1 aliphatic rings. The van der Waals surface area contributed by atoms with Crippen LogP contribution in [0.15, 0.2) is 206 Å². The number of hydrogen-bond acceptors (Lipinski definition) is 1. The molecule has 3 heteroatoms. The van der Waals surface area contributed by atoms with Crippen molar-refractivity contribution in [3.05, 3.63) is 217 Å². The fourth-order valence-electron chi connectivity index (χ4n) is 10.3. The van der Waals surface area contributed by atoms with Crippen molar-refractivity contribution in [1.29, 1.82) is 0 Å². The zero-order valence-electron chi connectivity index (χ0n) is 33.4. The van der Waals surface area contributed by atoms with Crippen molar-refractivity contribution < 1.29 is 4.57 Å². The Kier molecular flexibility index (Phi) is 7.59. The number of aromatic nitrogens is 1. The Morgan fingerprint density at radius 3 is 1.55 bits per heavy atom. The first kappa shape index (κ1) is 35.0. The molecule has 0 saturated heterocycles. The van der Waals surface area contributed by atoms with Gasteiger partial charge in [-0.3, -0.25) is 0 Å². The Bertz CT molecular complexity index is 3540. The van der Waals surface area contributed by atoms with Crippen molar-refractivity contribution >= 4 is 77.2 Å². The molecule has 2 nitrogen and oxygen atoms in total. The maximum Gasteiger partial charge on any atom is 0.171 e. The predicted octanol–water partition coefficient (Wildman–Crippen LogP) is 13.9. The van der Waals surface area contributed by atoms with Gasteiger partial charge in [0.25, 0.3) is 0 Å². The van der Waals surface area contributed by atoms with Crippen LogP contribution in [-0.4, -0.2) is 4.57 Å². The molecular formula is C57H40NOP. The largest absolute Gasteiger partial charge is 0.309 e. The van der Waals surface area contributed by atoms with Gasteiger partial charge in [-0.15, -0.1) is 0 Å². The van der Waals surface area contributed by atoms with E-state index in [1.54, 1.807) is 0 Å². The lowest BCUT2D eigenvalue weighted by Crippen LogP contribution is -2.24. The van der Waals surface area contributed by atoms with Crippen LogP contribution in [0.5, 0.6) is 0 Å². The molecule has 12 rings (SSSR count). The van der Waals surface area contributed by atoms with Gasteiger partial charge in [0.1, 0.15) is 0 Å². The average Bonchev–Trinajstić information content (AvgIpc) is 3.76. The maximum absolute atomic E-state index is 15.6. The van der Waals surface area contributed by atoms with E-state index in [0.717, 1.165) is 49.0 Å². The minimum Gasteiger partial charge on any atom is -0.309 e.